The van der Waals surface area contributed by atoms with E-state index < -0.39 is 5.82 Å². The van der Waals surface area contributed by atoms with Crippen LogP contribution in [0.3, 0.4) is 0 Å². The van der Waals surface area contributed by atoms with E-state index in [0.29, 0.717) is 28.2 Å². The fourth-order valence-electron chi connectivity index (χ4n) is 3.57. The van der Waals surface area contributed by atoms with Gasteiger partial charge < -0.3 is 5.32 Å². The van der Waals surface area contributed by atoms with Gasteiger partial charge in [0.25, 0.3) is 0 Å². The second-order valence-corrected chi connectivity index (χ2v) is 7.07. The molecule has 0 fully saturated rings. The number of H-pyrrole nitrogens is 1. The molecule has 0 radical (unpaired) electrons. The molecule has 0 atom stereocenters. The fourth-order valence-corrected chi connectivity index (χ4v) is 3.57. The molecule has 2 N–H and O–H groups in total. The second kappa shape index (κ2) is 6.81. The number of nitrogens with one attached hydrogen (secondary N) is 2. The van der Waals surface area contributed by atoms with E-state index in [0.717, 1.165) is 27.6 Å². The third-order valence-corrected chi connectivity index (χ3v) is 5.05. The smallest absolute Gasteiger partial charge is 0.182 e. The lowest BCUT2D eigenvalue weighted by atomic mass is 10.2. The minimum atomic E-state index is -0.402. The average molecular weight is 407 g/mol. The molecule has 148 valence electrons. The van der Waals surface area contributed by atoms with Crippen LogP contribution in [0.5, 0.6) is 0 Å². The molecule has 0 bridgehead atoms. The van der Waals surface area contributed by atoms with Crippen LogP contribution < -0.4 is 5.32 Å². The highest BCUT2D eigenvalue weighted by atomic mass is 19.1. The van der Waals surface area contributed by atoms with Crippen molar-refractivity contribution in [2.75, 3.05) is 5.32 Å². The maximum atomic E-state index is 14.7. The average Bonchev–Trinajstić information content (AvgIpc) is 3.26. The number of halogens is 1. The molecular formula is C23H14FN7. The van der Waals surface area contributed by atoms with E-state index >= 15 is 0 Å². The van der Waals surface area contributed by atoms with E-state index in [1.807, 2.05) is 42.5 Å². The van der Waals surface area contributed by atoms with Crippen LogP contribution in [0.25, 0.3) is 44.4 Å². The number of para-hydroxylation sites is 2. The van der Waals surface area contributed by atoms with Gasteiger partial charge >= 0.3 is 0 Å². The van der Waals surface area contributed by atoms with Gasteiger partial charge in [0.1, 0.15) is 17.3 Å². The number of aromatic amines is 1. The van der Waals surface area contributed by atoms with E-state index in [-0.39, 0.29) is 0 Å². The van der Waals surface area contributed by atoms with Gasteiger partial charge in [-0.15, -0.1) is 0 Å². The Kier molecular flexibility index (Phi) is 3.82. The molecule has 0 amide bonds. The Balaban J connectivity index is 1.53. The summed E-state index contributed by atoms with van der Waals surface area (Å²) in [6, 6.07) is 18.1. The van der Waals surface area contributed by atoms with Crippen LogP contribution >= 0.6 is 0 Å². The van der Waals surface area contributed by atoms with Crippen LogP contribution in [0.2, 0.25) is 0 Å². The third kappa shape index (κ3) is 3.01. The number of anilines is 2. The molecule has 7 nitrogen and oxygen atoms in total. The normalized spacial score (nSPS) is 11.4. The number of hydrogen-bond acceptors (Lipinski definition) is 6. The second-order valence-electron chi connectivity index (χ2n) is 7.07. The first-order chi connectivity index (χ1) is 15.2. The molecule has 3 heterocycles. The van der Waals surface area contributed by atoms with Gasteiger partial charge in [-0.2, -0.15) is 5.10 Å². The summed E-state index contributed by atoms with van der Waals surface area (Å²) >= 11 is 0. The van der Waals surface area contributed by atoms with Gasteiger partial charge in [-0.05, 0) is 42.5 Å². The number of aromatic nitrogens is 6. The Morgan fingerprint density at radius 1 is 0.806 bits per heavy atom. The molecule has 6 aromatic rings. The quantitative estimate of drug-likeness (QED) is 0.429. The molecule has 3 aromatic carbocycles. The van der Waals surface area contributed by atoms with Crippen molar-refractivity contribution < 1.29 is 4.39 Å². The van der Waals surface area contributed by atoms with Crippen molar-refractivity contribution in [1.82, 2.24) is 30.1 Å². The maximum absolute atomic E-state index is 14.7. The lowest BCUT2D eigenvalue weighted by Crippen LogP contribution is -2.02. The molecule has 0 spiro atoms. The van der Waals surface area contributed by atoms with Crippen LogP contribution in [0.15, 0.2) is 73.1 Å². The summed E-state index contributed by atoms with van der Waals surface area (Å²) in [5.41, 5.74) is 4.18. The number of benzene rings is 3. The zero-order chi connectivity index (χ0) is 20.8. The predicted molar refractivity (Wildman–Crippen MR) is 117 cm³/mol. The number of fused-ring (bicyclic) bond motifs is 3. The topological polar surface area (TPSA) is 92.3 Å². The van der Waals surface area contributed by atoms with Crippen LogP contribution in [-0.4, -0.2) is 30.1 Å². The molecular weight excluding hydrogens is 393 g/mol. The predicted octanol–water partition coefficient (Wildman–Crippen LogP) is 5.00. The lowest BCUT2D eigenvalue weighted by molar-refractivity contribution is 0.639. The molecule has 0 aliphatic carbocycles. The first kappa shape index (κ1) is 17.4. The van der Waals surface area contributed by atoms with Gasteiger partial charge in [0.2, 0.25) is 0 Å². The van der Waals surface area contributed by atoms with Gasteiger partial charge in [-0.25, -0.2) is 19.3 Å². The van der Waals surface area contributed by atoms with Gasteiger partial charge in [-0.1, -0.05) is 18.2 Å². The molecule has 0 saturated heterocycles. The maximum Gasteiger partial charge on any atom is 0.182 e. The van der Waals surface area contributed by atoms with Crippen molar-refractivity contribution in [1.29, 1.82) is 0 Å². The van der Waals surface area contributed by atoms with E-state index in [4.69, 9.17) is 0 Å². The zero-order valence-corrected chi connectivity index (χ0v) is 16.0. The van der Waals surface area contributed by atoms with E-state index in [1.165, 1.54) is 6.07 Å². The first-order valence-corrected chi connectivity index (χ1v) is 9.63. The third-order valence-electron chi connectivity index (χ3n) is 5.05. The number of rotatable bonds is 3. The molecule has 0 saturated carbocycles. The standard InChI is InChI=1S/C23H14FN7/c24-15-4-3-7-19-21(15)23(27-14-8-9-16-13(10-14)11-26-31-16)30-22(29-19)20-12-25-17-5-1-2-6-18(17)28-20/h1-12H,(H,26,31)(H,27,29,30). The van der Waals surface area contributed by atoms with Gasteiger partial charge in [0, 0.05) is 11.1 Å². The summed E-state index contributed by atoms with van der Waals surface area (Å²) in [4.78, 5) is 18.2. The molecule has 0 aliphatic rings. The van der Waals surface area contributed by atoms with Crippen molar-refractivity contribution in [2.24, 2.45) is 0 Å². The summed E-state index contributed by atoms with van der Waals surface area (Å²) in [5.74, 6) is 0.319. The van der Waals surface area contributed by atoms with Gasteiger partial charge in [-0.3, -0.25) is 10.1 Å². The molecule has 6 rings (SSSR count). The first-order valence-electron chi connectivity index (χ1n) is 9.63. The van der Waals surface area contributed by atoms with Crippen LogP contribution in [0, 0.1) is 5.82 Å². The molecule has 8 heteroatoms. The largest absolute Gasteiger partial charge is 0.339 e. The highest BCUT2D eigenvalue weighted by molar-refractivity contribution is 5.93. The molecule has 3 aromatic heterocycles. The summed E-state index contributed by atoms with van der Waals surface area (Å²) in [5, 5.41) is 11.4. The SMILES string of the molecule is Fc1cccc2nc(-c3cnc4ccccc4n3)nc(Nc3ccc4[nH]ncc4c3)c12. The van der Waals surface area contributed by atoms with E-state index in [9.17, 15) is 4.39 Å². The molecule has 0 unspecified atom stereocenters. The summed E-state index contributed by atoms with van der Waals surface area (Å²) in [7, 11) is 0. The summed E-state index contributed by atoms with van der Waals surface area (Å²) in [6.07, 6.45) is 3.36. The Labute approximate surface area is 175 Å². The van der Waals surface area contributed by atoms with Crippen molar-refractivity contribution in [3.63, 3.8) is 0 Å². The summed E-state index contributed by atoms with van der Waals surface area (Å²) in [6.45, 7) is 0. The monoisotopic (exact) mass is 407 g/mol. The molecule has 31 heavy (non-hydrogen) atoms. The van der Waals surface area contributed by atoms with Crippen molar-refractivity contribution in [3.8, 4) is 11.5 Å². The number of nitrogens with zero attached hydrogens (tertiary/aromatic N) is 5. The minimum Gasteiger partial charge on any atom is -0.339 e. The Bertz CT molecular complexity index is 1590. The van der Waals surface area contributed by atoms with Crippen molar-refractivity contribution in [3.05, 3.63) is 78.9 Å². The van der Waals surface area contributed by atoms with Gasteiger partial charge in [0.05, 0.1) is 39.8 Å². The number of hydrogen-bond donors (Lipinski definition) is 2. The zero-order valence-electron chi connectivity index (χ0n) is 16.0. The van der Waals surface area contributed by atoms with E-state index in [2.05, 4.69) is 35.5 Å². The van der Waals surface area contributed by atoms with Gasteiger partial charge in [0.15, 0.2) is 5.82 Å². The lowest BCUT2D eigenvalue weighted by Gasteiger charge is -2.12. The van der Waals surface area contributed by atoms with Crippen LogP contribution in [0.4, 0.5) is 15.9 Å². The Morgan fingerprint density at radius 3 is 2.61 bits per heavy atom. The fraction of sp³-hybridized carbons (Fsp3) is 0. The van der Waals surface area contributed by atoms with Crippen LogP contribution in [0.1, 0.15) is 0 Å². The van der Waals surface area contributed by atoms with E-state index in [1.54, 1.807) is 24.5 Å². The Hall–Kier alpha value is -4.46. The summed E-state index contributed by atoms with van der Waals surface area (Å²) < 4.78 is 14.7. The molecule has 0 aliphatic heterocycles. The van der Waals surface area contributed by atoms with Crippen molar-refractivity contribution in [2.45, 2.75) is 0 Å². The minimum absolute atomic E-state index is 0.312. The highest BCUT2D eigenvalue weighted by Crippen LogP contribution is 2.30. The van der Waals surface area contributed by atoms with Crippen LogP contribution in [-0.2, 0) is 0 Å². The Morgan fingerprint density at radius 2 is 1.68 bits per heavy atom. The highest BCUT2D eigenvalue weighted by Gasteiger charge is 2.15. The van der Waals surface area contributed by atoms with Crippen molar-refractivity contribution >= 4 is 44.3 Å².